The molecule has 0 aliphatic carbocycles. The maximum Gasteiger partial charge on any atom is 0.118 e. The lowest BCUT2D eigenvalue weighted by Crippen LogP contribution is -2.07. The molecule has 0 radical (unpaired) electrons. The fourth-order valence-corrected chi connectivity index (χ4v) is 1.05. The Bertz CT molecular complexity index is 328. The lowest BCUT2D eigenvalue weighted by atomic mass is 10.1. The second-order valence-corrected chi connectivity index (χ2v) is 3.02. The largest absolute Gasteiger partial charge is 0.312 e. The van der Waals surface area contributed by atoms with E-state index in [0.29, 0.717) is 5.02 Å². The Morgan fingerprint density at radius 1 is 1.58 bits per heavy atom. The number of rotatable bonds is 1. The first-order chi connectivity index (χ1) is 5.65. The highest BCUT2D eigenvalue weighted by molar-refractivity contribution is 6.31. The summed E-state index contributed by atoms with van der Waals surface area (Å²) in [6, 6.07) is 6.76. The summed E-state index contributed by atoms with van der Waals surface area (Å²) in [7, 11) is 0. The van der Waals surface area contributed by atoms with E-state index in [4.69, 9.17) is 22.6 Å². The Kier molecular flexibility index (Phi) is 2.69. The first-order valence-electron chi connectivity index (χ1n) is 3.56. The van der Waals surface area contributed by atoms with Crippen molar-refractivity contribution in [3.8, 4) is 6.07 Å². The maximum absolute atomic E-state index is 8.54. The zero-order valence-corrected chi connectivity index (χ0v) is 7.47. The van der Waals surface area contributed by atoms with Gasteiger partial charge >= 0.3 is 0 Å². The molecular weight excluding hydrogens is 172 g/mol. The van der Waals surface area contributed by atoms with Crippen LogP contribution < -0.4 is 5.73 Å². The lowest BCUT2D eigenvalue weighted by Gasteiger charge is -2.04. The third-order valence-corrected chi connectivity index (χ3v) is 2.10. The van der Waals surface area contributed by atoms with E-state index in [1.165, 1.54) is 0 Å². The summed E-state index contributed by atoms with van der Waals surface area (Å²) in [5, 5.41) is 9.24. The number of nitriles is 1. The molecular formula is C9H9ClN2. The number of nitrogens with two attached hydrogens (primary N) is 1. The average molecular weight is 181 g/mol. The van der Waals surface area contributed by atoms with Crippen molar-refractivity contribution in [3.63, 3.8) is 0 Å². The molecule has 2 N–H and O–H groups in total. The van der Waals surface area contributed by atoms with Crippen molar-refractivity contribution >= 4 is 11.6 Å². The molecule has 1 aromatic carbocycles. The minimum atomic E-state index is -0.555. The zero-order chi connectivity index (χ0) is 9.14. The average Bonchev–Trinajstić information content (AvgIpc) is 2.08. The molecule has 0 fully saturated rings. The number of nitrogens with zero attached hydrogens (tertiary/aromatic N) is 1. The monoisotopic (exact) mass is 180 g/mol. The highest BCUT2D eigenvalue weighted by Crippen LogP contribution is 2.19. The summed E-state index contributed by atoms with van der Waals surface area (Å²) in [5.74, 6) is 0. The van der Waals surface area contributed by atoms with Crippen molar-refractivity contribution in [2.45, 2.75) is 13.0 Å². The van der Waals surface area contributed by atoms with Gasteiger partial charge in [0.05, 0.1) is 6.07 Å². The summed E-state index contributed by atoms with van der Waals surface area (Å²) < 4.78 is 0. The van der Waals surface area contributed by atoms with Gasteiger partial charge in [-0.1, -0.05) is 23.7 Å². The Balaban J connectivity index is 3.06. The highest BCUT2D eigenvalue weighted by Gasteiger charge is 2.04. The van der Waals surface area contributed by atoms with Crippen molar-refractivity contribution in [1.82, 2.24) is 0 Å². The van der Waals surface area contributed by atoms with E-state index in [1.807, 2.05) is 19.1 Å². The van der Waals surface area contributed by atoms with E-state index in [1.54, 1.807) is 12.1 Å². The van der Waals surface area contributed by atoms with Crippen LogP contribution in [0.4, 0.5) is 0 Å². The Morgan fingerprint density at radius 2 is 2.25 bits per heavy atom. The van der Waals surface area contributed by atoms with Gasteiger partial charge in [0.2, 0.25) is 0 Å². The molecule has 62 valence electrons. The topological polar surface area (TPSA) is 49.8 Å². The van der Waals surface area contributed by atoms with Gasteiger partial charge in [-0.2, -0.15) is 5.26 Å². The van der Waals surface area contributed by atoms with E-state index in [9.17, 15) is 0 Å². The molecule has 1 unspecified atom stereocenters. The van der Waals surface area contributed by atoms with Gasteiger partial charge in [-0.05, 0) is 24.1 Å². The van der Waals surface area contributed by atoms with Gasteiger partial charge in [0.1, 0.15) is 6.04 Å². The smallest absolute Gasteiger partial charge is 0.118 e. The molecule has 12 heavy (non-hydrogen) atoms. The predicted molar refractivity (Wildman–Crippen MR) is 48.7 cm³/mol. The van der Waals surface area contributed by atoms with E-state index in [-0.39, 0.29) is 0 Å². The third-order valence-electron chi connectivity index (χ3n) is 1.68. The van der Waals surface area contributed by atoms with E-state index >= 15 is 0 Å². The first kappa shape index (κ1) is 9.05. The predicted octanol–water partition coefficient (Wildman–Crippen LogP) is 2.17. The van der Waals surface area contributed by atoms with Crippen molar-refractivity contribution in [3.05, 3.63) is 34.3 Å². The highest BCUT2D eigenvalue weighted by atomic mass is 35.5. The maximum atomic E-state index is 8.54. The van der Waals surface area contributed by atoms with Crippen LogP contribution >= 0.6 is 11.6 Å². The second-order valence-electron chi connectivity index (χ2n) is 2.62. The molecule has 2 nitrogen and oxygen atoms in total. The fraction of sp³-hybridized carbons (Fsp3) is 0.222. The minimum Gasteiger partial charge on any atom is -0.312 e. The van der Waals surface area contributed by atoms with Crippen LogP contribution in [-0.2, 0) is 0 Å². The zero-order valence-electron chi connectivity index (χ0n) is 6.71. The molecule has 0 bridgehead atoms. The van der Waals surface area contributed by atoms with Crippen LogP contribution in [0.15, 0.2) is 18.2 Å². The van der Waals surface area contributed by atoms with Gasteiger partial charge in [0, 0.05) is 5.02 Å². The van der Waals surface area contributed by atoms with Crippen LogP contribution in [0.5, 0.6) is 0 Å². The normalized spacial score (nSPS) is 12.2. The molecule has 1 rings (SSSR count). The molecule has 0 amide bonds. The third kappa shape index (κ3) is 1.76. The van der Waals surface area contributed by atoms with Crippen LogP contribution in [0.1, 0.15) is 17.2 Å². The molecule has 0 aliphatic rings. The molecule has 0 saturated heterocycles. The SMILES string of the molecule is Cc1cc(C(N)C#N)ccc1Cl. The van der Waals surface area contributed by atoms with E-state index < -0.39 is 6.04 Å². The van der Waals surface area contributed by atoms with Gasteiger partial charge in [-0.3, -0.25) is 0 Å². The summed E-state index contributed by atoms with van der Waals surface area (Å²) in [6.07, 6.45) is 0. The van der Waals surface area contributed by atoms with Crippen molar-refractivity contribution in [2.24, 2.45) is 5.73 Å². The number of benzene rings is 1. The van der Waals surface area contributed by atoms with Gasteiger partial charge in [-0.25, -0.2) is 0 Å². The van der Waals surface area contributed by atoms with Crippen molar-refractivity contribution in [1.29, 1.82) is 5.26 Å². The van der Waals surface area contributed by atoms with Gasteiger partial charge in [0.15, 0.2) is 0 Å². The molecule has 0 spiro atoms. The molecule has 1 aromatic rings. The van der Waals surface area contributed by atoms with E-state index in [2.05, 4.69) is 0 Å². The Hall–Kier alpha value is -1.04. The molecule has 0 heterocycles. The molecule has 0 aliphatic heterocycles. The number of hydrogen-bond donors (Lipinski definition) is 1. The van der Waals surface area contributed by atoms with Gasteiger partial charge < -0.3 is 5.73 Å². The van der Waals surface area contributed by atoms with Gasteiger partial charge in [-0.15, -0.1) is 0 Å². The molecule has 0 aromatic heterocycles. The number of aryl methyl sites for hydroxylation is 1. The van der Waals surface area contributed by atoms with Crippen molar-refractivity contribution in [2.75, 3.05) is 0 Å². The van der Waals surface area contributed by atoms with Crippen LogP contribution in [0.25, 0.3) is 0 Å². The second kappa shape index (κ2) is 3.57. The Labute approximate surface area is 76.6 Å². The minimum absolute atomic E-state index is 0.555. The number of halogens is 1. The Morgan fingerprint density at radius 3 is 2.75 bits per heavy atom. The molecule has 0 saturated carbocycles. The standard InChI is InChI=1S/C9H9ClN2/c1-6-4-7(9(12)5-11)2-3-8(6)10/h2-4,9H,12H2,1H3. The summed E-state index contributed by atoms with van der Waals surface area (Å²) in [6.45, 7) is 1.88. The number of hydrogen-bond acceptors (Lipinski definition) is 2. The van der Waals surface area contributed by atoms with Crippen molar-refractivity contribution < 1.29 is 0 Å². The summed E-state index contributed by atoms with van der Waals surface area (Å²) >= 11 is 5.80. The van der Waals surface area contributed by atoms with Crippen LogP contribution in [0.3, 0.4) is 0 Å². The summed E-state index contributed by atoms with van der Waals surface area (Å²) in [5.41, 5.74) is 7.26. The van der Waals surface area contributed by atoms with E-state index in [0.717, 1.165) is 11.1 Å². The van der Waals surface area contributed by atoms with Crippen LogP contribution in [0, 0.1) is 18.3 Å². The van der Waals surface area contributed by atoms with Crippen LogP contribution in [0.2, 0.25) is 5.02 Å². The quantitative estimate of drug-likeness (QED) is 0.720. The summed E-state index contributed by atoms with van der Waals surface area (Å²) in [4.78, 5) is 0. The fourth-order valence-electron chi connectivity index (χ4n) is 0.936. The lowest BCUT2D eigenvalue weighted by molar-refractivity contribution is 0.924. The first-order valence-corrected chi connectivity index (χ1v) is 3.94. The van der Waals surface area contributed by atoms with Crippen LogP contribution in [-0.4, -0.2) is 0 Å². The van der Waals surface area contributed by atoms with Gasteiger partial charge in [0.25, 0.3) is 0 Å². The molecule has 3 heteroatoms. The molecule has 1 atom stereocenters.